The Morgan fingerprint density at radius 2 is 1.50 bits per heavy atom. The molecule has 0 radical (unpaired) electrons. The third kappa shape index (κ3) is 4.99. The molecule has 1 aliphatic rings. The Hall–Kier alpha value is -3.75. The van der Waals surface area contributed by atoms with E-state index >= 15 is 0 Å². The first kappa shape index (κ1) is 19.6. The lowest BCUT2D eigenvalue weighted by Gasteiger charge is -2.17. The van der Waals surface area contributed by atoms with E-state index in [2.05, 4.69) is 31.0 Å². The normalized spacial score (nSPS) is 13.2. The second-order valence-electron chi connectivity index (χ2n) is 6.93. The lowest BCUT2D eigenvalue weighted by Crippen LogP contribution is -2.19. The van der Waals surface area contributed by atoms with Crippen LogP contribution in [0.25, 0.3) is 0 Å². The van der Waals surface area contributed by atoms with Crippen LogP contribution in [0.3, 0.4) is 0 Å². The summed E-state index contributed by atoms with van der Waals surface area (Å²) in [5.74, 6) is -0.902. The molecule has 30 heavy (non-hydrogen) atoms. The molecule has 0 aliphatic carbocycles. The highest BCUT2D eigenvalue weighted by Crippen LogP contribution is 2.23. The van der Waals surface area contributed by atoms with Crippen molar-refractivity contribution in [2.45, 2.75) is 12.8 Å². The van der Waals surface area contributed by atoms with Gasteiger partial charge in [-0.1, -0.05) is 0 Å². The van der Waals surface area contributed by atoms with Gasteiger partial charge in [-0.05, 0) is 49.2 Å². The van der Waals surface area contributed by atoms with Crippen molar-refractivity contribution in [1.29, 1.82) is 0 Å². The molecule has 2 heterocycles. The lowest BCUT2D eigenvalue weighted by molar-refractivity contribution is 0.262. The molecule has 7 nitrogen and oxygen atoms in total. The van der Waals surface area contributed by atoms with Crippen molar-refractivity contribution >= 4 is 34.6 Å². The van der Waals surface area contributed by atoms with Crippen molar-refractivity contribution in [1.82, 2.24) is 10.2 Å². The molecular weight excluding hydrogens is 390 g/mol. The van der Waals surface area contributed by atoms with Crippen LogP contribution in [0.4, 0.5) is 42.1 Å². The zero-order valence-electron chi connectivity index (χ0n) is 16.0. The zero-order chi connectivity index (χ0) is 20.9. The Morgan fingerprint density at radius 1 is 0.867 bits per heavy atom. The van der Waals surface area contributed by atoms with Gasteiger partial charge in [0.1, 0.15) is 11.6 Å². The van der Waals surface area contributed by atoms with Gasteiger partial charge >= 0.3 is 6.03 Å². The van der Waals surface area contributed by atoms with Gasteiger partial charge in [-0.3, -0.25) is 0 Å². The van der Waals surface area contributed by atoms with Gasteiger partial charge in [-0.25, -0.2) is 13.6 Å². The number of amides is 2. The van der Waals surface area contributed by atoms with E-state index in [0.29, 0.717) is 11.5 Å². The molecule has 0 unspecified atom stereocenters. The summed E-state index contributed by atoms with van der Waals surface area (Å²) in [5.41, 5.74) is 2.36. The van der Waals surface area contributed by atoms with Crippen LogP contribution in [0, 0.1) is 11.6 Å². The number of halogens is 2. The molecule has 3 aromatic rings. The molecule has 1 fully saturated rings. The Kier molecular flexibility index (Phi) is 5.69. The van der Waals surface area contributed by atoms with Crippen LogP contribution < -0.4 is 20.9 Å². The molecule has 1 saturated heterocycles. The molecule has 9 heteroatoms. The van der Waals surface area contributed by atoms with Crippen LogP contribution in [0.15, 0.2) is 54.7 Å². The lowest BCUT2D eigenvalue weighted by atomic mass is 10.2. The smallest absolute Gasteiger partial charge is 0.323 e. The molecule has 1 aromatic heterocycles. The molecule has 0 spiro atoms. The van der Waals surface area contributed by atoms with E-state index < -0.39 is 17.7 Å². The van der Waals surface area contributed by atoms with E-state index in [1.807, 2.05) is 6.07 Å². The number of urea groups is 1. The van der Waals surface area contributed by atoms with Crippen LogP contribution in [-0.4, -0.2) is 29.3 Å². The average Bonchev–Trinajstić information content (AvgIpc) is 3.24. The molecule has 154 valence electrons. The summed E-state index contributed by atoms with van der Waals surface area (Å²) in [5, 5.41) is 16.4. The van der Waals surface area contributed by atoms with Crippen molar-refractivity contribution in [2.75, 3.05) is 33.9 Å². The predicted molar refractivity (Wildman–Crippen MR) is 112 cm³/mol. The number of carbonyl (C=O) groups is 1. The number of carbonyl (C=O) groups excluding carboxylic acids is 1. The number of aromatic nitrogens is 2. The first-order chi connectivity index (χ1) is 14.5. The fraction of sp³-hybridized carbons (Fsp3) is 0.190. The average molecular weight is 410 g/mol. The number of hydrogen-bond donors (Lipinski definition) is 3. The Bertz CT molecular complexity index is 1020. The largest absolute Gasteiger partial charge is 0.370 e. The summed E-state index contributed by atoms with van der Waals surface area (Å²) < 4.78 is 26.4. The van der Waals surface area contributed by atoms with E-state index in [1.165, 1.54) is 12.8 Å². The fourth-order valence-electron chi connectivity index (χ4n) is 3.27. The fourth-order valence-corrected chi connectivity index (χ4v) is 3.27. The summed E-state index contributed by atoms with van der Waals surface area (Å²) in [4.78, 5) is 14.3. The summed E-state index contributed by atoms with van der Waals surface area (Å²) in [6.45, 7) is 2.05. The number of nitrogens with zero attached hydrogens (tertiary/aromatic N) is 3. The van der Waals surface area contributed by atoms with Gasteiger partial charge in [-0.2, -0.15) is 5.10 Å². The van der Waals surface area contributed by atoms with Gasteiger partial charge < -0.3 is 20.9 Å². The van der Waals surface area contributed by atoms with Gasteiger partial charge in [0.2, 0.25) is 0 Å². The minimum absolute atomic E-state index is 0.0275. The van der Waals surface area contributed by atoms with Crippen LogP contribution in [0.1, 0.15) is 12.8 Å². The minimum Gasteiger partial charge on any atom is -0.370 e. The number of nitrogens with one attached hydrogen (secondary N) is 3. The summed E-state index contributed by atoms with van der Waals surface area (Å²) in [6.07, 6.45) is 4.12. The van der Waals surface area contributed by atoms with Crippen molar-refractivity contribution in [3.63, 3.8) is 0 Å². The number of hydrogen-bond acceptors (Lipinski definition) is 5. The summed E-state index contributed by atoms with van der Waals surface area (Å²) in [6, 6.07) is 11.1. The molecule has 0 atom stereocenters. The second-order valence-corrected chi connectivity index (χ2v) is 6.93. The van der Waals surface area contributed by atoms with Gasteiger partial charge in [0, 0.05) is 42.3 Å². The molecule has 0 bridgehead atoms. The number of anilines is 5. The number of benzene rings is 2. The van der Waals surface area contributed by atoms with Crippen LogP contribution in [0.5, 0.6) is 0 Å². The SMILES string of the molecule is O=C(Nc1ccc(Nc2cc(N3CCCC3)cnn2)cc1)Nc1cc(F)cc(F)c1. The Morgan fingerprint density at radius 3 is 2.20 bits per heavy atom. The van der Waals surface area contributed by atoms with E-state index in [9.17, 15) is 13.6 Å². The molecule has 3 N–H and O–H groups in total. The highest BCUT2D eigenvalue weighted by atomic mass is 19.1. The van der Waals surface area contributed by atoms with E-state index in [-0.39, 0.29) is 5.69 Å². The Balaban J connectivity index is 1.36. The molecule has 2 amide bonds. The van der Waals surface area contributed by atoms with Crippen molar-refractivity contribution < 1.29 is 13.6 Å². The zero-order valence-corrected chi connectivity index (χ0v) is 16.0. The molecular formula is C21H20F2N6O. The van der Waals surface area contributed by atoms with E-state index in [0.717, 1.165) is 42.7 Å². The first-order valence-electron chi connectivity index (χ1n) is 9.54. The van der Waals surface area contributed by atoms with Crippen LogP contribution >= 0.6 is 0 Å². The molecule has 4 rings (SSSR count). The van der Waals surface area contributed by atoms with Crippen LogP contribution in [0.2, 0.25) is 0 Å². The summed E-state index contributed by atoms with van der Waals surface area (Å²) >= 11 is 0. The van der Waals surface area contributed by atoms with E-state index in [1.54, 1.807) is 30.5 Å². The standard InChI is InChI=1S/C21H20F2N6O/c22-14-9-15(23)11-18(10-14)27-21(30)26-17-5-3-16(4-6-17)25-20-12-19(13-24-28-20)29-7-1-2-8-29/h3-6,9-13H,1-2,7-8H2,(H,25,28)(H2,26,27,30). The van der Waals surface area contributed by atoms with Crippen molar-refractivity contribution in [3.8, 4) is 0 Å². The van der Waals surface area contributed by atoms with Crippen molar-refractivity contribution in [3.05, 3.63) is 66.4 Å². The maximum Gasteiger partial charge on any atom is 0.323 e. The predicted octanol–water partition coefficient (Wildman–Crippen LogP) is 4.74. The van der Waals surface area contributed by atoms with Gasteiger partial charge in [0.05, 0.1) is 11.9 Å². The maximum absolute atomic E-state index is 13.2. The molecule has 2 aromatic carbocycles. The Labute approximate surface area is 172 Å². The van der Waals surface area contributed by atoms with Crippen LogP contribution in [-0.2, 0) is 0 Å². The second kappa shape index (κ2) is 8.73. The third-order valence-electron chi connectivity index (χ3n) is 4.65. The highest BCUT2D eigenvalue weighted by molar-refractivity contribution is 5.99. The quantitative estimate of drug-likeness (QED) is 0.566. The minimum atomic E-state index is -0.766. The van der Waals surface area contributed by atoms with Gasteiger partial charge in [0.15, 0.2) is 5.82 Å². The summed E-state index contributed by atoms with van der Waals surface area (Å²) in [7, 11) is 0. The molecule has 0 saturated carbocycles. The highest BCUT2D eigenvalue weighted by Gasteiger charge is 2.13. The molecule has 1 aliphatic heterocycles. The van der Waals surface area contributed by atoms with E-state index in [4.69, 9.17) is 0 Å². The monoisotopic (exact) mass is 410 g/mol. The topological polar surface area (TPSA) is 82.2 Å². The maximum atomic E-state index is 13.2. The van der Waals surface area contributed by atoms with Crippen molar-refractivity contribution in [2.24, 2.45) is 0 Å². The van der Waals surface area contributed by atoms with Gasteiger partial charge in [0.25, 0.3) is 0 Å². The first-order valence-corrected chi connectivity index (χ1v) is 9.54. The third-order valence-corrected chi connectivity index (χ3v) is 4.65. The van der Waals surface area contributed by atoms with Gasteiger partial charge in [-0.15, -0.1) is 5.10 Å². The number of rotatable bonds is 5.